The molecule has 1 amide bonds. The van der Waals surface area contributed by atoms with Gasteiger partial charge in [-0.3, -0.25) is 4.79 Å². The van der Waals surface area contributed by atoms with Gasteiger partial charge >= 0.3 is 0 Å². The molecule has 1 aliphatic carbocycles. The van der Waals surface area contributed by atoms with E-state index in [0.717, 1.165) is 35.6 Å². The number of nitrogens with zero attached hydrogens (tertiary/aromatic N) is 5. The Morgan fingerprint density at radius 2 is 2.00 bits per heavy atom. The summed E-state index contributed by atoms with van der Waals surface area (Å²) in [5.74, 6) is 1.63. The standard InChI is InChI=1S/C25H35N9O3/c1-37-20-13-17(33-9-11-34(12-10-33)24(36)18(26)14-35)7-8-19(20)30-25-31-22-21(27-15-28-22)23(32-25)29-16-5-3-2-4-6-16/h7-8,13,15-16,18,35H,2-6,9-12,14,26H2,1H3,(H3,27,28,29,30,31,32). The number of aliphatic hydroxyl groups excluding tert-OH is 1. The molecule has 1 atom stereocenters. The zero-order valence-electron chi connectivity index (χ0n) is 21.1. The summed E-state index contributed by atoms with van der Waals surface area (Å²) in [5, 5.41) is 16.1. The molecule has 2 aliphatic rings. The number of aromatic amines is 1. The van der Waals surface area contributed by atoms with Gasteiger partial charge in [-0.2, -0.15) is 9.97 Å². The first-order chi connectivity index (χ1) is 18.1. The molecule has 3 aromatic rings. The van der Waals surface area contributed by atoms with E-state index in [-0.39, 0.29) is 12.5 Å². The maximum atomic E-state index is 12.3. The van der Waals surface area contributed by atoms with Gasteiger partial charge in [0.2, 0.25) is 11.9 Å². The van der Waals surface area contributed by atoms with Crippen LogP contribution in [0, 0.1) is 0 Å². The predicted molar refractivity (Wildman–Crippen MR) is 142 cm³/mol. The lowest BCUT2D eigenvalue weighted by molar-refractivity contribution is -0.133. The van der Waals surface area contributed by atoms with E-state index in [4.69, 9.17) is 20.6 Å². The van der Waals surface area contributed by atoms with Crippen molar-refractivity contribution in [3.8, 4) is 5.75 Å². The number of fused-ring (bicyclic) bond motifs is 1. The molecule has 2 fully saturated rings. The van der Waals surface area contributed by atoms with E-state index in [2.05, 4.69) is 30.5 Å². The number of methoxy groups -OCH3 is 1. The average molecular weight is 510 g/mol. The van der Waals surface area contributed by atoms with Gasteiger partial charge in [0, 0.05) is 44.0 Å². The molecule has 3 heterocycles. The van der Waals surface area contributed by atoms with Gasteiger partial charge in [0.1, 0.15) is 17.3 Å². The van der Waals surface area contributed by atoms with Crippen LogP contribution in [-0.4, -0.2) is 87.8 Å². The minimum atomic E-state index is -0.863. The van der Waals surface area contributed by atoms with Gasteiger partial charge in [0.15, 0.2) is 11.5 Å². The monoisotopic (exact) mass is 509 g/mol. The molecule has 0 spiro atoms. The second-order valence-corrected chi connectivity index (χ2v) is 9.59. The summed E-state index contributed by atoms with van der Waals surface area (Å²) < 4.78 is 5.69. The zero-order chi connectivity index (χ0) is 25.8. The van der Waals surface area contributed by atoms with E-state index >= 15 is 0 Å². The Morgan fingerprint density at radius 3 is 2.73 bits per heavy atom. The van der Waals surface area contributed by atoms with Crippen LogP contribution in [0.1, 0.15) is 32.1 Å². The lowest BCUT2D eigenvalue weighted by atomic mass is 9.95. The Morgan fingerprint density at radius 1 is 1.22 bits per heavy atom. The summed E-state index contributed by atoms with van der Waals surface area (Å²) in [6, 6.07) is 5.45. The molecule has 1 unspecified atom stereocenters. The highest BCUT2D eigenvalue weighted by Crippen LogP contribution is 2.33. The third kappa shape index (κ3) is 5.54. The van der Waals surface area contributed by atoms with Gasteiger partial charge < -0.3 is 41.0 Å². The van der Waals surface area contributed by atoms with E-state index in [1.165, 1.54) is 19.3 Å². The second-order valence-electron chi connectivity index (χ2n) is 9.59. The van der Waals surface area contributed by atoms with Gasteiger partial charge in [-0.25, -0.2) is 4.98 Å². The SMILES string of the molecule is COc1cc(N2CCN(C(=O)C(N)CO)CC2)ccc1Nc1nc(NC2CCCCC2)c2[nH]cnc2n1. The second kappa shape index (κ2) is 11.2. The number of nitrogens with two attached hydrogens (primary N) is 1. The Hall–Kier alpha value is -3.64. The van der Waals surface area contributed by atoms with Crippen LogP contribution in [0.2, 0.25) is 0 Å². The Bertz CT molecular complexity index is 1220. The molecule has 12 heteroatoms. The van der Waals surface area contributed by atoms with Gasteiger partial charge in [-0.05, 0) is 25.0 Å². The number of nitrogens with one attached hydrogen (secondary N) is 3. The maximum Gasteiger partial charge on any atom is 0.241 e. The quantitative estimate of drug-likeness (QED) is 0.303. The highest BCUT2D eigenvalue weighted by molar-refractivity contribution is 5.84. The third-order valence-corrected chi connectivity index (χ3v) is 7.13. The minimum absolute atomic E-state index is 0.217. The zero-order valence-corrected chi connectivity index (χ0v) is 21.1. The van der Waals surface area contributed by atoms with Gasteiger partial charge in [-0.15, -0.1) is 0 Å². The summed E-state index contributed by atoms with van der Waals surface area (Å²) in [6.07, 6.45) is 7.64. The number of ether oxygens (including phenoxy) is 1. The first-order valence-corrected chi connectivity index (χ1v) is 12.9. The highest BCUT2D eigenvalue weighted by Gasteiger charge is 2.25. The van der Waals surface area contributed by atoms with Crippen molar-refractivity contribution in [2.45, 2.75) is 44.2 Å². The number of amides is 1. The molecule has 2 aromatic heterocycles. The van der Waals surface area contributed by atoms with Crippen molar-refractivity contribution in [1.29, 1.82) is 0 Å². The van der Waals surface area contributed by atoms with Crippen molar-refractivity contribution in [2.75, 3.05) is 55.4 Å². The topological polar surface area (TPSA) is 158 Å². The summed E-state index contributed by atoms with van der Waals surface area (Å²) in [4.78, 5) is 33.0. The third-order valence-electron chi connectivity index (χ3n) is 7.13. The van der Waals surface area contributed by atoms with Gasteiger partial charge in [-0.1, -0.05) is 19.3 Å². The van der Waals surface area contributed by atoms with Crippen molar-refractivity contribution < 1.29 is 14.6 Å². The molecule has 1 aromatic carbocycles. The lowest BCUT2D eigenvalue weighted by Crippen LogP contribution is -2.54. The van der Waals surface area contributed by atoms with Crippen molar-refractivity contribution in [2.24, 2.45) is 5.73 Å². The number of benzene rings is 1. The molecule has 12 nitrogen and oxygen atoms in total. The Balaban J connectivity index is 1.30. The van der Waals surface area contributed by atoms with Crippen molar-refractivity contribution in [3.05, 3.63) is 24.5 Å². The van der Waals surface area contributed by atoms with Gasteiger partial charge in [0.25, 0.3) is 0 Å². The fraction of sp³-hybridized carbons (Fsp3) is 0.520. The molecular formula is C25H35N9O3. The van der Waals surface area contributed by atoms with Crippen LogP contribution in [0.5, 0.6) is 5.75 Å². The molecule has 198 valence electrons. The van der Waals surface area contributed by atoms with Crippen LogP contribution in [0.4, 0.5) is 23.1 Å². The average Bonchev–Trinajstić information content (AvgIpc) is 3.42. The number of rotatable bonds is 8. The minimum Gasteiger partial charge on any atom is -0.494 e. The number of hydrogen-bond acceptors (Lipinski definition) is 10. The van der Waals surface area contributed by atoms with Gasteiger partial charge in [0.05, 0.1) is 25.7 Å². The van der Waals surface area contributed by atoms with Crippen LogP contribution in [-0.2, 0) is 4.79 Å². The number of hydrogen-bond donors (Lipinski definition) is 5. The molecule has 1 saturated carbocycles. The fourth-order valence-electron chi connectivity index (χ4n) is 5.03. The molecule has 0 bridgehead atoms. The number of aliphatic hydroxyl groups is 1. The maximum absolute atomic E-state index is 12.3. The van der Waals surface area contributed by atoms with Crippen LogP contribution < -0.4 is 26.0 Å². The molecule has 5 rings (SSSR count). The smallest absolute Gasteiger partial charge is 0.241 e. The van der Waals surface area contributed by atoms with E-state index in [1.54, 1.807) is 18.3 Å². The Labute approximate surface area is 215 Å². The van der Waals surface area contributed by atoms with Crippen LogP contribution in [0.15, 0.2) is 24.5 Å². The molecule has 0 radical (unpaired) electrons. The molecular weight excluding hydrogens is 474 g/mol. The number of carbonyl (C=O) groups excluding carboxylic acids is 1. The number of aromatic nitrogens is 4. The first-order valence-electron chi connectivity index (χ1n) is 12.9. The number of imidazole rings is 1. The Kier molecular flexibility index (Phi) is 7.56. The van der Waals surface area contributed by atoms with Crippen molar-refractivity contribution in [3.63, 3.8) is 0 Å². The fourth-order valence-corrected chi connectivity index (χ4v) is 5.03. The van der Waals surface area contributed by atoms with Crippen LogP contribution >= 0.6 is 0 Å². The number of H-pyrrole nitrogens is 1. The number of carbonyl (C=O) groups is 1. The molecule has 1 saturated heterocycles. The van der Waals surface area contributed by atoms with Crippen LogP contribution in [0.25, 0.3) is 11.2 Å². The normalized spacial score (nSPS) is 17.6. The number of piperazine rings is 1. The van der Waals surface area contributed by atoms with E-state index in [1.807, 2.05) is 18.2 Å². The summed E-state index contributed by atoms with van der Waals surface area (Å²) in [5.41, 5.74) is 8.83. The van der Waals surface area contributed by atoms with Crippen molar-refractivity contribution >= 4 is 40.2 Å². The number of anilines is 4. The molecule has 1 aliphatic heterocycles. The van der Waals surface area contributed by atoms with E-state index < -0.39 is 6.04 Å². The van der Waals surface area contributed by atoms with E-state index in [9.17, 15) is 4.79 Å². The van der Waals surface area contributed by atoms with Crippen molar-refractivity contribution in [1.82, 2.24) is 24.8 Å². The first kappa shape index (κ1) is 25.0. The largest absolute Gasteiger partial charge is 0.494 e. The predicted octanol–water partition coefficient (Wildman–Crippen LogP) is 1.82. The summed E-state index contributed by atoms with van der Waals surface area (Å²) >= 11 is 0. The summed E-state index contributed by atoms with van der Waals surface area (Å²) in [7, 11) is 1.63. The molecule has 6 N–H and O–H groups in total. The van der Waals surface area contributed by atoms with E-state index in [0.29, 0.717) is 49.6 Å². The summed E-state index contributed by atoms with van der Waals surface area (Å²) in [6.45, 7) is 2.07. The molecule has 37 heavy (non-hydrogen) atoms. The lowest BCUT2D eigenvalue weighted by Gasteiger charge is -2.37. The van der Waals surface area contributed by atoms with Crippen LogP contribution in [0.3, 0.4) is 0 Å². The highest BCUT2D eigenvalue weighted by atomic mass is 16.5.